The van der Waals surface area contributed by atoms with Gasteiger partial charge in [-0.25, -0.2) is 0 Å². The van der Waals surface area contributed by atoms with Crippen molar-refractivity contribution in [2.75, 3.05) is 13.7 Å². The second kappa shape index (κ2) is 6.64. The van der Waals surface area contributed by atoms with Gasteiger partial charge in [-0.05, 0) is 17.5 Å². The van der Waals surface area contributed by atoms with Crippen molar-refractivity contribution in [2.45, 2.75) is 20.5 Å². The van der Waals surface area contributed by atoms with Gasteiger partial charge in [0.15, 0.2) is 0 Å². The Labute approximate surface area is 102 Å². The van der Waals surface area contributed by atoms with E-state index in [-0.39, 0.29) is 0 Å². The molecular formula is C12H19BO4. The van der Waals surface area contributed by atoms with E-state index >= 15 is 0 Å². The molecule has 0 fully saturated rings. The molecule has 0 radical (unpaired) electrons. The Morgan fingerprint density at radius 1 is 1.29 bits per heavy atom. The zero-order valence-corrected chi connectivity index (χ0v) is 10.5. The van der Waals surface area contributed by atoms with Crippen LogP contribution in [0.5, 0.6) is 5.75 Å². The van der Waals surface area contributed by atoms with Gasteiger partial charge in [0, 0.05) is 12.1 Å². The van der Waals surface area contributed by atoms with Crippen molar-refractivity contribution < 1.29 is 19.5 Å². The molecule has 0 unspecified atom stereocenters. The average Bonchev–Trinajstić information content (AvgIpc) is 2.28. The molecule has 0 atom stereocenters. The number of hydrogen-bond donors (Lipinski definition) is 2. The third kappa shape index (κ3) is 4.38. The first-order valence-electron chi connectivity index (χ1n) is 5.65. The Bertz CT molecular complexity index is 352. The van der Waals surface area contributed by atoms with E-state index in [9.17, 15) is 10.0 Å². The quantitative estimate of drug-likeness (QED) is 0.710. The van der Waals surface area contributed by atoms with Crippen molar-refractivity contribution in [3.05, 3.63) is 23.8 Å². The molecule has 5 heteroatoms. The van der Waals surface area contributed by atoms with Crippen LogP contribution in [0.3, 0.4) is 0 Å². The number of rotatable bonds is 6. The van der Waals surface area contributed by atoms with Gasteiger partial charge in [0.05, 0.1) is 13.7 Å². The van der Waals surface area contributed by atoms with Crippen LogP contribution in [0, 0.1) is 5.92 Å². The third-order valence-electron chi connectivity index (χ3n) is 2.29. The van der Waals surface area contributed by atoms with E-state index in [2.05, 4.69) is 13.8 Å². The Morgan fingerprint density at radius 2 is 2.00 bits per heavy atom. The van der Waals surface area contributed by atoms with Gasteiger partial charge in [-0.3, -0.25) is 0 Å². The van der Waals surface area contributed by atoms with Gasteiger partial charge in [0.2, 0.25) is 0 Å². The van der Waals surface area contributed by atoms with E-state index in [1.165, 1.54) is 7.11 Å². The maximum Gasteiger partial charge on any atom is 0.492 e. The Hall–Kier alpha value is -1.04. The minimum absolute atomic E-state index is 0.359. The average molecular weight is 238 g/mol. The van der Waals surface area contributed by atoms with E-state index < -0.39 is 7.12 Å². The summed E-state index contributed by atoms with van der Waals surface area (Å²) in [5.41, 5.74) is 1.26. The number of methoxy groups -OCH3 is 1. The number of benzene rings is 1. The summed E-state index contributed by atoms with van der Waals surface area (Å²) >= 11 is 0. The van der Waals surface area contributed by atoms with E-state index in [1.807, 2.05) is 6.07 Å². The van der Waals surface area contributed by atoms with Crippen LogP contribution < -0.4 is 10.2 Å². The summed E-state index contributed by atoms with van der Waals surface area (Å²) in [6.45, 7) is 5.30. The van der Waals surface area contributed by atoms with Gasteiger partial charge >= 0.3 is 7.12 Å². The monoisotopic (exact) mass is 238 g/mol. The molecule has 1 rings (SSSR count). The van der Waals surface area contributed by atoms with Crippen molar-refractivity contribution >= 4 is 12.6 Å². The molecule has 0 aliphatic rings. The Morgan fingerprint density at radius 3 is 2.53 bits per heavy atom. The lowest BCUT2D eigenvalue weighted by Gasteiger charge is -2.11. The van der Waals surface area contributed by atoms with Gasteiger partial charge in [0.1, 0.15) is 5.75 Å². The Kier molecular flexibility index (Phi) is 5.48. The van der Waals surface area contributed by atoms with Crippen LogP contribution in [0.4, 0.5) is 0 Å². The smallest absolute Gasteiger partial charge is 0.492 e. The van der Waals surface area contributed by atoms with Gasteiger partial charge in [-0.1, -0.05) is 26.0 Å². The molecule has 0 aliphatic heterocycles. The van der Waals surface area contributed by atoms with Crippen molar-refractivity contribution in [1.29, 1.82) is 0 Å². The fourth-order valence-electron chi connectivity index (χ4n) is 1.49. The molecule has 0 aromatic heterocycles. The maximum absolute atomic E-state index is 9.21. The first kappa shape index (κ1) is 14.0. The lowest BCUT2D eigenvalue weighted by atomic mass is 9.79. The highest BCUT2D eigenvalue weighted by atomic mass is 16.5. The molecular weight excluding hydrogens is 219 g/mol. The van der Waals surface area contributed by atoms with Crippen LogP contribution in [0.1, 0.15) is 19.4 Å². The lowest BCUT2D eigenvalue weighted by Crippen LogP contribution is -2.31. The van der Waals surface area contributed by atoms with E-state index in [4.69, 9.17) is 9.47 Å². The normalized spacial score (nSPS) is 10.7. The van der Waals surface area contributed by atoms with Crippen LogP contribution >= 0.6 is 0 Å². The van der Waals surface area contributed by atoms with E-state index in [1.54, 1.807) is 12.1 Å². The van der Waals surface area contributed by atoms with Crippen LogP contribution in [0.25, 0.3) is 0 Å². The Balaban J connectivity index is 2.71. The zero-order valence-electron chi connectivity index (χ0n) is 10.5. The minimum Gasteiger partial charge on any atom is -0.497 e. The largest absolute Gasteiger partial charge is 0.497 e. The van der Waals surface area contributed by atoms with Crippen LogP contribution in [0.2, 0.25) is 0 Å². The second-order valence-corrected chi connectivity index (χ2v) is 4.36. The fourth-order valence-corrected chi connectivity index (χ4v) is 1.49. The third-order valence-corrected chi connectivity index (χ3v) is 2.29. The van der Waals surface area contributed by atoms with Crippen molar-refractivity contribution in [3.8, 4) is 5.75 Å². The zero-order chi connectivity index (χ0) is 12.8. The number of ether oxygens (including phenoxy) is 2. The summed E-state index contributed by atoms with van der Waals surface area (Å²) in [6.07, 6.45) is 0. The maximum atomic E-state index is 9.21. The summed E-state index contributed by atoms with van der Waals surface area (Å²) in [6, 6.07) is 5.25. The molecule has 0 amide bonds. The van der Waals surface area contributed by atoms with Crippen LogP contribution in [-0.4, -0.2) is 30.9 Å². The van der Waals surface area contributed by atoms with E-state index in [0.29, 0.717) is 30.3 Å². The summed E-state index contributed by atoms with van der Waals surface area (Å²) in [5, 5.41) is 18.4. The van der Waals surface area contributed by atoms with Gasteiger partial charge in [-0.15, -0.1) is 0 Å². The summed E-state index contributed by atoms with van der Waals surface area (Å²) in [5.74, 6) is 0.948. The molecule has 1 aromatic rings. The predicted molar refractivity (Wildman–Crippen MR) is 67.3 cm³/mol. The lowest BCUT2D eigenvalue weighted by molar-refractivity contribution is 0.0971. The molecule has 0 saturated carbocycles. The van der Waals surface area contributed by atoms with Crippen molar-refractivity contribution in [3.63, 3.8) is 0 Å². The molecule has 1 aromatic carbocycles. The first-order chi connectivity index (χ1) is 8.04. The topological polar surface area (TPSA) is 58.9 Å². The first-order valence-corrected chi connectivity index (χ1v) is 5.65. The molecule has 0 aliphatic carbocycles. The van der Waals surface area contributed by atoms with Gasteiger partial charge < -0.3 is 19.5 Å². The summed E-state index contributed by atoms with van der Waals surface area (Å²) in [4.78, 5) is 0. The highest BCUT2D eigenvalue weighted by Crippen LogP contribution is 2.11. The SMILES string of the molecule is COc1ccc(COCC(C)C)cc1B(O)O. The molecule has 0 spiro atoms. The molecule has 17 heavy (non-hydrogen) atoms. The van der Waals surface area contributed by atoms with Crippen LogP contribution in [-0.2, 0) is 11.3 Å². The minimum atomic E-state index is -1.53. The highest BCUT2D eigenvalue weighted by molar-refractivity contribution is 6.59. The van der Waals surface area contributed by atoms with Crippen molar-refractivity contribution in [2.24, 2.45) is 5.92 Å². The standard InChI is InChI=1S/C12H19BO4/c1-9(2)7-17-8-10-4-5-12(16-3)11(6-10)13(14)15/h4-6,9,14-15H,7-8H2,1-3H3. The molecule has 0 bridgehead atoms. The molecule has 4 nitrogen and oxygen atoms in total. The summed E-state index contributed by atoms with van der Waals surface area (Å²) in [7, 11) is -0.0362. The highest BCUT2D eigenvalue weighted by Gasteiger charge is 2.17. The molecule has 0 saturated heterocycles. The second-order valence-electron chi connectivity index (χ2n) is 4.36. The molecule has 94 valence electrons. The fraction of sp³-hybridized carbons (Fsp3) is 0.500. The summed E-state index contributed by atoms with van der Waals surface area (Å²) < 4.78 is 10.5. The van der Waals surface area contributed by atoms with Crippen molar-refractivity contribution in [1.82, 2.24) is 0 Å². The predicted octanol–water partition coefficient (Wildman–Crippen LogP) is 0.548. The van der Waals surface area contributed by atoms with Crippen LogP contribution in [0.15, 0.2) is 18.2 Å². The van der Waals surface area contributed by atoms with E-state index in [0.717, 1.165) is 5.56 Å². The van der Waals surface area contributed by atoms with Gasteiger partial charge in [-0.2, -0.15) is 0 Å². The van der Waals surface area contributed by atoms with Gasteiger partial charge in [0.25, 0.3) is 0 Å². The molecule has 2 N–H and O–H groups in total. The number of hydrogen-bond acceptors (Lipinski definition) is 4. The molecule has 0 heterocycles.